The molecule has 0 amide bonds. The monoisotopic (exact) mass is 207 g/mol. The molecule has 0 bridgehead atoms. The second kappa shape index (κ2) is 11.8. The molecule has 0 aliphatic heterocycles. The third kappa shape index (κ3) is 17.1. The van der Waals surface area contributed by atoms with Gasteiger partial charge in [-0.1, -0.05) is 13.8 Å². The van der Waals surface area contributed by atoms with E-state index in [-0.39, 0.29) is 6.61 Å². The predicted octanol–water partition coefficient (Wildman–Crippen LogP) is 0.605. The normalized spacial score (nSPS) is 8.50. The summed E-state index contributed by atoms with van der Waals surface area (Å²) < 4.78 is 4.42. The van der Waals surface area contributed by atoms with Gasteiger partial charge in [-0.05, 0) is 12.8 Å². The summed E-state index contributed by atoms with van der Waals surface area (Å²) in [7, 11) is 0. The Kier molecular flexibility index (Phi) is 12.9. The van der Waals surface area contributed by atoms with Gasteiger partial charge >= 0.3 is 5.97 Å². The van der Waals surface area contributed by atoms with Crippen LogP contribution >= 0.6 is 0 Å². The number of rotatable bonds is 5. The van der Waals surface area contributed by atoms with E-state index in [1.54, 1.807) is 0 Å². The Hall–Kier alpha value is -1.17. The van der Waals surface area contributed by atoms with Gasteiger partial charge in [0, 0.05) is 11.5 Å². The molecule has 14 heavy (non-hydrogen) atoms. The highest BCUT2D eigenvalue weighted by Crippen LogP contribution is 1.82. The molecule has 0 aliphatic carbocycles. The average Bonchev–Trinajstić information content (AvgIpc) is 2.14. The fourth-order valence-electron chi connectivity index (χ4n) is 0.367. The van der Waals surface area contributed by atoms with Crippen molar-refractivity contribution in [3.63, 3.8) is 0 Å². The van der Waals surface area contributed by atoms with Crippen LogP contribution in [0.25, 0.3) is 0 Å². The summed E-state index contributed by atoms with van der Waals surface area (Å²) in [6.07, 6.45) is 1.56. The van der Waals surface area contributed by atoms with Gasteiger partial charge in [-0.15, -0.1) is 0 Å². The van der Waals surface area contributed by atoms with E-state index in [1.165, 1.54) is 0 Å². The van der Waals surface area contributed by atoms with Crippen molar-refractivity contribution < 1.29 is 19.6 Å². The van der Waals surface area contributed by atoms with Gasteiger partial charge < -0.3 is 9.84 Å². The van der Waals surface area contributed by atoms with Crippen LogP contribution in [0.2, 0.25) is 0 Å². The van der Waals surface area contributed by atoms with Gasteiger partial charge in [0.25, 0.3) is 6.54 Å². The Bertz CT molecular complexity index is 158. The maximum Gasteiger partial charge on any atom is 0.378 e. The first-order valence-corrected chi connectivity index (χ1v) is 4.46. The van der Waals surface area contributed by atoms with Gasteiger partial charge in [0.05, 0.1) is 6.61 Å². The van der Waals surface area contributed by atoms with Crippen LogP contribution < -0.4 is 0 Å². The molecule has 0 spiro atoms. The molecule has 0 aromatic rings. The second-order valence-corrected chi connectivity index (χ2v) is 2.43. The number of hydrogen-bond acceptors (Lipinski definition) is 5. The number of esters is 1. The summed E-state index contributed by atoms with van der Waals surface area (Å²) in [6.45, 7) is 3.59. The van der Waals surface area contributed by atoms with Crippen molar-refractivity contribution in [2.24, 2.45) is 0 Å². The van der Waals surface area contributed by atoms with E-state index in [0.717, 1.165) is 6.42 Å². The molecule has 0 unspecified atom stereocenters. The van der Waals surface area contributed by atoms with Crippen molar-refractivity contribution >= 4 is 5.97 Å². The highest BCUT2D eigenvalue weighted by Gasteiger charge is 2.08. The topological polar surface area (TPSA) is 89.7 Å². The predicted molar refractivity (Wildman–Crippen MR) is 50.5 cm³/mol. The molecule has 0 saturated heterocycles. The number of aliphatic hydroxyl groups is 1. The largest absolute Gasteiger partial charge is 0.461 e. The van der Waals surface area contributed by atoms with Crippen LogP contribution in [0.5, 0.6) is 0 Å². The van der Waals surface area contributed by atoms with E-state index in [4.69, 9.17) is 5.11 Å². The molecule has 0 saturated carbocycles. The van der Waals surface area contributed by atoms with Gasteiger partial charge in [-0.3, -0.25) is 10.1 Å². The van der Waals surface area contributed by atoms with E-state index in [1.807, 2.05) is 13.8 Å². The lowest BCUT2D eigenvalue weighted by atomic mass is 10.5. The van der Waals surface area contributed by atoms with Crippen molar-refractivity contribution in [2.45, 2.75) is 26.7 Å². The third-order valence-electron chi connectivity index (χ3n) is 0.949. The maximum atomic E-state index is 10.3. The Balaban J connectivity index is 0. The first-order chi connectivity index (χ1) is 6.58. The van der Waals surface area contributed by atoms with Crippen molar-refractivity contribution in [3.8, 4) is 0 Å². The smallest absolute Gasteiger partial charge is 0.378 e. The fourth-order valence-corrected chi connectivity index (χ4v) is 0.367. The molecule has 0 heterocycles. The molecule has 1 N–H and O–H groups in total. The quantitative estimate of drug-likeness (QED) is 0.405. The molecule has 0 rings (SSSR count). The van der Waals surface area contributed by atoms with Crippen molar-refractivity contribution in [1.29, 1.82) is 0 Å². The van der Waals surface area contributed by atoms with Crippen LogP contribution in [0.1, 0.15) is 26.7 Å². The molecule has 0 aliphatic rings. The van der Waals surface area contributed by atoms with Crippen molar-refractivity contribution in [2.75, 3.05) is 19.8 Å². The Morgan fingerprint density at radius 3 is 2.21 bits per heavy atom. The highest BCUT2D eigenvalue weighted by molar-refractivity contribution is 5.70. The average molecular weight is 207 g/mol. The minimum Gasteiger partial charge on any atom is -0.461 e. The molecule has 0 radical (unpaired) electrons. The minimum atomic E-state index is -0.771. The molecule has 0 atom stereocenters. The number of aliphatic hydroxyl groups excluding tert-OH is 1. The van der Waals surface area contributed by atoms with Gasteiger partial charge in [-0.25, -0.2) is 4.79 Å². The Morgan fingerprint density at radius 2 is 1.93 bits per heavy atom. The zero-order chi connectivity index (χ0) is 11.4. The molecule has 0 aromatic carbocycles. The van der Waals surface area contributed by atoms with Gasteiger partial charge in [-0.2, -0.15) is 0 Å². The van der Waals surface area contributed by atoms with E-state index in [0.29, 0.717) is 13.0 Å². The molecular weight excluding hydrogens is 190 g/mol. The van der Waals surface area contributed by atoms with Crippen molar-refractivity contribution in [3.05, 3.63) is 10.1 Å². The van der Waals surface area contributed by atoms with Crippen molar-refractivity contribution in [1.82, 2.24) is 0 Å². The number of ether oxygens (including phenoxy) is 1. The Morgan fingerprint density at radius 1 is 1.43 bits per heavy atom. The molecular formula is C8H17NO5. The molecule has 0 aromatic heterocycles. The maximum absolute atomic E-state index is 10.3. The summed E-state index contributed by atoms with van der Waals surface area (Å²) in [5, 5.41) is 17.6. The Labute approximate surface area is 83.0 Å². The van der Waals surface area contributed by atoms with E-state index in [9.17, 15) is 14.9 Å². The summed E-state index contributed by atoms with van der Waals surface area (Å²) in [6, 6.07) is 0. The number of nitrogens with zero attached hydrogens (tertiary/aromatic N) is 1. The second-order valence-electron chi connectivity index (χ2n) is 2.43. The van der Waals surface area contributed by atoms with E-state index in [2.05, 4.69) is 4.74 Å². The summed E-state index contributed by atoms with van der Waals surface area (Å²) >= 11 is 0. The van der Waals surface area contributed by atoms with Crippen LogP contribution in [0, 0.1) is 10.1 Å². The minimum absolute atomic E-state index is 0.257. The number of nitro groups is 1. The van der Waals surface area contributed by atoms with Crippen LogP contribution in [0.4, 0.5) is 0 Å². The number of hydrogen-bond donors (Lipinski definition) is 1. The van der Waals surface area contributed by atoms with Crippen LogP contribution in [0.3, 0.4) is 0 Å². The lowest BCUT2D eigenvalue weighted by molar-refractivity contribution is -0.470. The summed E-state index contributed by atoms with van der Waals surface area (Å²) in [5.41, 5.74) is 0. The lowest BCUT2D eigenvalue weighted by Crippen LogP contribution is -2.16. The summed E-state index contributed by atoms with van der Waals surface area (Å²) in [5.74, 6) is -0.771. The number of carbonyl (C=O) groups excluding carboxylic acids is 1. The van der Waals surface area contributed by atoms with Crippen LogP contribution in [-0.4, -0.2) is 35.8 Å². The number of carbonyl (C=O) groups is 1. The van der Waals surface area contributed by atoms with Crippen LogP contribution in [-0.2, 0) is 9.53 Å². The van der Waals surface area contributed by atoms with Crippen LogP contribution in [0.15, 0.2) is 0 Å². The molecule has 84 valence electrons. The third-order valence-corrected chi connectivity index (χ3v) is 0.949. The lowest BCUT2D eigenvalue weighted by Gasteiger charge is -1.96. The molecule has 0 fully saturated rings. The van der Waals surface area contributed by atoms with Gasteiger partial charge in [0.2, 0.25) is 0 Å². The first-order valence-electron chi connectivity index (χ1n) is 4.46. The highest BCUT2D eigenvalue weighted by atomic mass is 16.6. The first kappa shape index (κ1) is 15.3. The fraction of sp³-hybridized carbons (Fsp3) is 0.875. The molecule has 6 nitrogen and oxygen atoms in total. The SMILES string of the molecule is CCCO.CCCOC(=O)C[N+](=O)[O-]. The zero-order valence-corrected chi connectivity index (χ0v) is 8.56. The zero-order valence-electron chi connectivity index (χ0n) is 8.56. The molecule has 6 heteroatoms. The van der Waals surface area contributed by atoms with E-state index < -0.39 is 17.4 Å². The van der Waals surface area contributed by atoms with Gasteiger partial charge in [0.15, 0.2) is 0 Å². The summed E-state index contributed by atoms with van der Waals surface area (Å²) in [4.78, 5) is 19.3. The standard InChI is InChI=1S/C5H9NO4.C3H8O/c1-2-3-10-5(7)4-6(8)9;1-2-3-4/h2-4H2,1H3;4H,2-3H2,1H3. The van der Waals surface area contributed by atoms with E-state index >= 15 is 0 Å². The van der Waals surface area contributed by atoms with Gasteiger partial charge in [0.1, 0.15) is 0 Å².